The first-order chi connectivity index (χ1) is 20.2. The van der Waals surface area contributed by atoms with Crippen molar-refractivity contribution in [3.05, 3.63) is 75.1 Å². The molecule has 1 aromatic heterocycles. The highest BCUT2D eigenvalue weighted by atomic mass is 79.9. The Morgan fingerprint density at radius 1 is 1.02 bits per heavy atom. The van der Waals surface area contributed by atoms with Gasteiger partial charge in [0.1, 0.15) is 6.04 Å². The molecular weight excluding hydrogens is 624 g/mol. The second kappa shape index (κ2) is 11.6. The van der Waals surface area contributed by atoms with Gasteiger partial charge in [0, 0.05) is 54.9 Å². The summed E-state index contributed by atoms with van der Waals surface area (Å²) in [6.45, 7) is 1.13. The van der Waals surface area contributed by atoms with E-state index in [1.807, 2.05) is 28.8 Å². The van der Waals surface area contributed by atoms with Crippen molar-refractivity contribution in [2.75, 3.05) is 39.3 Å². The largest absolute Gasteiger partial charge is 0.395 e. The normalized spacial score (nSPS) is 22.5. The number of benzene rings is 2. The van der Waals surface area contributed by atoms with E-state index in [2.05, 4.69) is 15.9 Å². The van der Waals surface area contributed by atoms with Gasteiger partial charge in [0.15, 0.2) is 0 Å². The Hall–Kier alpha value is -3.06. The molecule has 0 spiro atoms. The van der Waals surface area contributed by atoms with E-state index in [0.717, 1.165) is 31.7 Å². The van der Waals surface area contributed by atoms with Crippen LogP contribution in [0.1, 0.15) is 30.9 Å². The number of amides is 2. The maximum atomic E-state index is 13.8. The van der Waals surface area contributed by atoms with Gasteiger partial charge in [0.05, 0.1) is 18.0 Å². The average molecular weight is 658 g/mol. The number of fused-ring (bicyclic) bond motifs is 5. The van der Waals surface area contributed by atoms with Crippen LogP contribution in [-0.2, 0) is 26.2 Å². The van der Waals surface area contributed by atoms with Crippen LogP contribution in [0.5, 0.6) is 0 Å². The second-order valence-corrected chi connectivity index (χ2v) is 14.2. The third-order valence-electron chi connectivity index (χ3n) is 8.71. The number of sulfonamides is 1. The number of hydrogen-bond acceptors (Lipinski definition) is 6. The molecule has 12 heteroatoms. The summed E-state index contributed by atoms with van der Waals surface area (Å²) in [5.41, 5.74) is 0.919. The van der Waals surface area contributed by atoms with Crippen LogP contribution in [0.25, 0.3) is 10.8 Å². The quantitative estimate of drug-likeness (QED) is 0.417. The predicted octanol–water partition coefficient (Wildman–Crippen LogP) is 2.38. The number of piperidine rings is 2. The molecule has 0 saturated carbocycles. The molecule has 3 aliphatic rings. The fraction of sp³-hybridized carbons (Fsp3) is 0.433. The molecule has 0 unspecified atom stereocenters. The number of halogens is 1. The standard InChI is InChI=1S/C30H33BrN4O6S/c31-24-8-6-22-15-25(9-7-21(22)14-24)42(40,41)35(11-12-36)27-4-2-10-32(30(27)39)19-29(38)33-16-20-13-23(18-33)26-3-1-5-28(37)34(26)17-20/h1,3,5-9,14-15,20,23,27,36H,2,4,10-13,16-19H2/t20-,23+,27-/m0/s1. The number of rotatable bonds is 7. The summed E-state index contributed by atoms with van der Waals surface area (Å²) in [6.07, 6.45) is 1.76. The highest BCUT2D eigenvalue weighted by Crippen LogP contribution is 2.35. The summed E-state index contributed by atoms with van der Waals surface area (Å²) in [4.78, 5) is 42.8. The number of carbonyl (C=O) groups is 2. The molecule has 3 atom stereocenters. The molecule has 2 saturated heterocycles. The second-order valence-electron chi connectivity index (χ2n) is 11.4. The minimum atomic E-state index is -4.12. The van der Waals surface area contributed by atoms with Gasteiger partial charge >= 0.3 is 0 Å². The minimum absolute atomic E-state index is 0.0221. The molecule has 10 nitrogen and oxygen atoms in total. The number of nitrogens with zero attached hydrogens (tertiary/aromatic N) is 4. The molecule has 0 aliphatic carbocycles. The van der Waals surface area contributed by atoms with E-state index in [1.165, 1.54) is 11.0 Å². The van der Waals surface area contributed by atoms with Gasteiger partial charge in [0.25, 0.3) is 5.56 Å². The molecule has 222 valence electrons. The Kier molecular flexibility index (Phi) is 7.99. The van der Waals surface area contributed by atoms with Crippen LogP contribution in [0, 0.1) is 5.92 Å². The number of aliphatic hydroxyl groups excluding tert-OH is 1. The Bertz CT molecular complexity index is 1710. The van der Waals surface area contributed by atoms with Crippen LogP contribution in [-0.4, -0.2) is 89.4 Å². The number of likely N-dealkylation sites (tertiary alicyclic amines) is 2. The fourth-order valence-electron chi connectivity index (χ4n) is 6.74. The van der Waals surface area contributed by atoms with Gasteiger partial charge in [-0.25, -0.2) is 8.42 Å². The zero-order chi connectivity index (χ0) is 29.6. The summed E-state index contributed by atoms with van der Waals surface area (Å²) in [7, 11) is -4.12. The van der Waals surface area contributed by atoms with E-state index in [0.29, 0.717) is 39.0 Å². The van der Waals surface area contributed by atoms with Crippen LogP contribution in [0.2, 0.25) is 0 Å². The molecule has 3 aliphatic heterocycles. The summed E-state index contributed by atoms with van der Waals surface area (Å²) in [5.74, 6) is -0.375. The topological polar surface area (TPSA) is 120 Å². The third-order valence-corrected chi connectivity index (χ3v) is 11.1. The van der Waals surface area contributed by atoms with E-state index in [9.17, 15) is 27.9 Å². The predicted molar refractivity (Wildman–Crippen MR) is 160 cm³/mol. The van der Waals surface area contributed by atoms with Crippen molar-refractivity contribution in [2.24, 2.45) is 5.92 Å². The summed E-state index contributed by atoms with van der Waals surface area (Å²) >= 11 is 3.43. The maximum Gasteiger partial charge on any atom is 0.250 e. The molecule has 2 bridgehead atoms. The number of carbonyl (C=O) groups excluding carboxylic acids is 2. The first-order valence-corrected chi connectivity index (χ1v) is 16.5. The first kappa shape index (κ1) is 29.0. The smallest absolute Gasteiger partial charge is 0.250 e. The van der Waals surface area contributed by atoms with Crippen molar-refractivity contribution >= 4 is 48.5 Å². The molecular formula is C30H33BrN4O6S. The van der Waals surface area contributed by atoms with Gasteiger partial charge in [-0.05, 0) is 66.3 Å². The summed E-state index contributed by atoms with van der Waals surface area (Å²) in [6, 6.07) is 14.6. The van der Waals surface area contributed by atoms with E-state index >= 15 is 0 Å². The molecule has 3 aromatic rings. The van der Waals surface area contributed by atoms with E-state index < -0.39 is 28.6 Å². The first-order valence-electron chi connectivity index (χ1n) is 14.2. The highest BCUT2D eigenvalue weighted by molar-refractivity contribution is 9.10. The van der Waals surface area contributed by atoms with Crippen molar-refractivity contribution in [2.45, 2.75) is 42.7 Å². The highest BCUT2D eigenvalue weighted by Gasteiger charge is 2.42. The fourth-order valence-corrected chi connectivity index (χ4v) is 8.76. The van der Waals surface area contributed by atoms with Crippen LogP contribution < -0.4 is 5.56 Å². The van der Waals surface area contributed by atoms with Gasteiger partial charge < -0.3 is 19.5 Å². The number of aliphatic hydroxyl groups is 1. The average Bonchev–Trinajstić information content (AvgIpc) is 2.97. The zero-order valence-electron chi connectivity index (χ0n) is 23.1. The molecule has 0 radical (unpaired) electrons. The maximum absolute atomic E-state index is 13.8. The SMILES string of the molecule is O=C(CN1CCC[C@H](N(CCO)S(=O)(=O)c2ccc3cc(Br)ccc3c2)C1=O)N1C[C@@H]2C[C@H](C1)c1cccc(=O)n1C2. The van der Waals surface area contributed by atoms with E-state index in [-0.39, 0.29) is 41.3 Å². The summed E-state index contributed by atoms with van der Waals surface area (Å²) in [5, 5.41) is 11.4. The minimum Gasteiger partial charge on any atom is -0.395 e. The van der Waals surface area contributed by atoms with E-state index in [1.54, 1.807) is 29.2 Å². The van der Waals surface area contributed by atoms with Gasteiger partial charge in [-0.2, -0.15) is 4.31 Å². The molecule has 2 fully saturated rings. The molecule has 6 rings (SSSR count). The monoisotopic (exact) mass is 656 g/mol. The van der Waals surface area contributed by atoms with Crippen molar-refractivity contribution in [1.29, 1.82) is 0 Å². The lowest BCUT2D eigenvalue weighted by Gasteiger charge is -2.43. The third kappa shape index (κ3) is 5.41. The molecule has 1 N–H and O–H groups in total. The lowest BCUT2D eigenvalue weighted by molar-refractivity contribution is -0.146. The number of hydrogen-bond donors (Lipinski definition) is 1. The Morgan fingerprint density at radius 3 is 2.62 bits per heavy atom. The van der Waals surface area contributed by atoms with Crippen LogP contribution >= 0.6 is 15.9 Å². The molecule has 2 aromatic carbocycles. The zero-order valence-corrected chi connectivity index (χ0v) is 25.5. The van der Waals surface area contributed by atoms with Crippen molar-refractivity contribution in [3.8, 4) is 0 Å². The van der Waals surface area contributed by atoms with Gasteiger partial charge in [0.2, 0.25) is 21.8 Å². The Morgan fingerprint density at radius 2 is 1.81 bits per heavy atom. The molecule has 4 heterocycles. The lowest BCUT2D eigenvalue weighted by atomic mass is 9.83. The van der Waals surface area contributed by atoms with Crippen LogP contribution in [0.4, 0.5) is 0 Å². The van der Waals surface area contributed by atoms with Crippen molar-refractivity contribution in [3.63, 3.8) is 0 Å². The van der Waals surface area contributed by atoms with Gasteiger partial charge in [-0.3, -0.25) is 14.4 Å². The van der Waals surface area contributed by atoms with E-state index in [4.69, 9.17) is 0 Å². The molecule has 2 amide bonds. The van der Waals surface area contributed by atoms with Gasteiger partial charge in [-0.15, -0.1) is 0 Å². The molecule has 42 heavy (non-hydrogen) atoms. The Balaban J connectivity index is 1.19. The van der Waals surface area contributed by atoms with Crippen molar-refractivity contribution < 1.29 is 23.1 Å². The number of aromatic nitrogens is 1. The number of pyridine rings is 1. The van der Waals surface area contributed by atoms with Crippen LogP contribution in [0.15, 0.2) is 68.8 Å². The summed E-state index contributed by atoms with van der Waals surface area (Å²) < 4.78 is 31.4. The lowest BCUT2D eigenvalue weighted by Crippen LogP contribution is -2.57. The Labute approximate surface area is 252 Å². The van der Waals surface area contributed by atoms with Crippen molar-refractivity contribution in [1.82, 2.24) is 18.7 Å². The van der Waals surface area contributed by atoms with Crippen LogP contribution in [0.3, 0.4) is 0 Å². The van der Waals surface area contributed by atoms with Gasteiger partial charge in [-0.1, -0.05) is 34.1 Å².